The van der Waals surface area contributed by atoms with E-state index in [1.165, 1.54) is 6.08 Å². The van der Waals surface area contributed by atoms with Gasteiger partial charge in [-0.3, -0.25) is 4.79 Å². The van der Waals surface area contributed by atoms with Gasteiger partial charge in [-0.2, -0.15) is 0 Å². The summed E-state index contributed by atoms with van der Waals surface area (Å²) in [7, 11) is 1.58. The van der Waals surface area contributed by atoms with Gasteiger partial charge >= 0.3 is 0 Å². The van der Waals surface area contributed by atoms with E-state index in [4.69, 9.17) is 4.74 Å². The van der Waals surface area contributed by atoms with Crippen LogP contribution in [0.5, 0.6) is 5.88 Å². The fourth-order valence-electron chi connectivity index (χ4n) is 1.19. The first kappa shape index (κ1) is 11.2. The van der Waals surface area contributed by atoms with Gasteiger partial charge in [0, 0.05) is 18.3 Å². The Morgan fingerprint density at radius 1 is 1.73 bits per heavy atom. The maximum absolute atomic E-state index is 10.9. The van der Waals surface area contributed by atoms with E-state index in [2.05, 4.69) is 16.9 Å². The Hall–Kier alpha value is -1.84. The lowest BCUT2D eigenvalue weighted by Gasteiger charge is -2.06. The zero-order chi connectivity index (χ0) is 11.1. The molecule has 0 unspecified atom stereocenters. The molecule has 0 atom stereocenters. The zero-order valence-electron chi connectivity index (χ0n) is 8.69. The van der Waals surface area contributed by atoms with Gasteiger partial charge in [0.1, 0.15) is 0 Å². The summed E-state index contributed by atoms with van der Waals surface area (Å²) in [5, 5.41) is 2.69. The lowest BCUT2D eigenvalue weighted by molar-refractivity contribution is -0.116. The quantitative estimate of drug-likeness (QED) is 0.729. The molecule has 0 radical (unpaired) electrons. The third-order valence-corrected chi connectivity index (χ3v) is 1.92. The normalized spacial score (nSPS) is 9.40. The highest BCUT2D eigenvalue weighted by atomic mass is 16.5. The minimum absolute atomic E-state index is 0.169. The van der Waals surface area contributed by atoms with Crippen molar-refractivity contribution in [2.75, 3.05) is 13.7 Å². The van der Waals surface area contributed by atoms with Crippen LogP contribution in [0.15, 0.2) is 31.0 Å². The van der Waals surface area contributed by atoms with Gasteiger partial charge in [0.15, 0.2) is 0 Å². The van der Waals surface area contributed by atoms with Crippen LogP contribution in [-0.4, -0.2) is 24.5 Å². The van der Waals surface area contributed by atoms with Crippen molar-refractivity contribution >= 4 is 5.91 Å². The molecule has 0 aromatic carbocycles. The monoisotopic (exact) mass is 206 g/mol. The van der Waals surface area contributed by atoms with E-state index in [1.807, 2.05) is 12.1 Å². The van der Waals surface area contributed by atoms with Gasteiger partial charge in [0.25, 0.3) is 0 Å². The molecule has 1 N–H and O–H groups in total. The number of rotatable bonds is 5. The first-order valence-corrected chi connectivity index (χ1v) is 4.66. The topological polar surface area (TPSA) is 51.2 Å². The average molecular weight is 206 g/mol. The number of hydrogen-bond acceptors (Lipinski definition) is 3. The summed E-state index contributed by atoms with van der Waals surface area (Å²) in [6, 6.07) is 3.76. The molecule has 1 rings (SSSR count). The third kappa shape index (κ3) is 3.42. The summed E-state index contributed by atoms with van der Waals surface area (Å²) in [5.74, 6) is 0.434. The van der Waals surface area contributed by atoms with Gasteiger partial charge in [0.05, 0.1) is 7.11 Å². The molecule has 0 spiro atoms. The minimum atomic E-state index is -0.169. The first-order valence-electron chi connectivity index (χ1n) is 4.66. The summed E-state index contributed by atoms with van der Waals surface area (Å²) < 4.78 is 5.09. The fourth-order valence-corrected chi connectivity index (χ4v) is 1.19. The molecule has 1 aromatic rings. The standard InChI is InChI=1S/C11H14N2O2/c1-3-10(14)12-8-6-9-5-4-7-13-11(9)15-2/h3-5,7H,1,6,8H2,2H3,(H,12,14). The number of amides is 1. The Morgan fingerprint density at radius 3 is 3.20 bits per heavy atom. The van der Waals surface area contributed by atoms with Crippen molar-refractivity contribution in [2.45, 2.75) is 6.42 Å². The van der Waals surface area contributed by atoms with Crippen LogP contribution >= 0.6 is 0 Å². The molecule has 0 bridgehead atoms. The molecule has 80 valence electrons. The number of carbonyl (C=O) groups excluding carboxylic acids is 1. The van der Waals surface area contributed by atoms with Crippen LogP contribution in [0, 0.1) is 0 Å². The highest BCUT2D eigenvalue weighted by Crippen LogP contribution is 2.13. The van der Waals surface area contributed by atoms with E-state index in [0.29, 0.717) is 18.8 Å². The van der Waals surface area contributed by atoms with Crippen LogP contribution in [0.2, 0.25) is 0 Å². The molecule has 0 aliphatic heterocycles. The second-order valence-electron chi connectivity index (χ2n) is 2.92. The Bertz CT molecular complexity index is 350. The zero-order valence-corrected chi connectivity index (χ0v) is 8.69. The van der Waals surface area contributed by atoms with Crippen molar-refractivity contribution in [3.63, 3.8) is 0 Å². The summed E-state index contributed by atoms with van der Waals surface area (Å²) in [6.45, 7) is 3.92. The summed E-state index contributed by atoms with van der Waals surface area (Å²) in [5.41, 5.74) is 0.976. The molecular weight excluding hydrogens is 192 g/mol. The van der Waals surface area contributed by atoms with Crippen LogP contribution in [0.1, 0.15) is 5.56 Å². The van der Waals surface area contributed by atoms with Crippen molar-refractivity contribution in [1.82, 2.24) is 10.3 Å². The second-order valence-corrected chi connectivity index (χ2v) is 2.92. The molecule has 1 aromatic heterocycles. The summed E-state index contributed by atoms with van der Waals surface area (Å²) in [6.07, 6.45) is 3.61. The van der Waals surface area contributed by atoms with Gasteiger partial charge in [-0.15, -0.1) is 0 Å². The smallest absolute Gasteiger partial charge is 0.243 e. The molecule has 0 aliphatic carbocycles. The molecule has 0 saturated heterocycles. The third-order valence-electron chi connectivity index (χ3n) is 1.92. The van der Waals surface area contributed by atoms with E-state index >= 15 is 0 Å². The molecule has 15 heavy (non-hydrogen) atoms. The predicted octanol–water partition coefficient (Wildman–Crippen LogP) is 0.935. The van der Waals surface area contributed by atoms with Crippen LogP contribution in [0.3, 0.4) is 0 Å². The van der Waals surface area contributed by atoms with Crippen LogP contribution in [0.25, 0.3) is 0 Å². The molecule has 4 heteroatoms. The molecule has 0 aliphatic rings. The van der Waals surface area contributed by atoms with Crippen molar-refractivity contribution in [3.05, 3.63) is 36.5 Å². The van der Waals surface area contributed by atoms with Crippen molar-refractivity contribution < 1.29 is 9.53 Å². The van der Waals surface area contributed by atoms with Gasteiger partial charge in [-0.05, 0) is 18.6 Å². The second kappa shape index (κ2) is 5.80. The van der Waals surface area contributed by atoms with Crippen LogP contribution < -0.4 is 10.1 Å². The lowest BCUT2D eigenvalue weighted by atomic mass is 10.2. The van der Waals surface area contributed by atoms with E-state index in [0.717, 1.165) is 5.56 Å². The van der Waals surface area contributed by atoms with Crippen LogP contribution in [0.4, 0.5) is 0 Å². The molecule has 0 fully saturated rings. The summed E-state index contributed by atoms with van der Waals surface area (Å²) >= 11 is 0. The number of hydrogen-bond donors (Lipinski definition) is 1. The van der Waals surface area contributed by atoms with Crippen LogP contribution in [-0.2, 0) is 11.2 Å². The van der Waals surface area contributed by atoms with E-state index in [1.54, 1.807) is 13.3 Å². The van der Waals surface area contributed by atoms with Crippen molar-refractivity contribution in [3.8, 4) is 5.88 Å². The molecule has 1 amide bonds. The first-order chi connectivity index (χ1) is 7.27. The van der Waals surface area contributed by atoms with Gasteiger partial charge in [-0.25, -0.2) is 4.98 Å². The number of nitrogens with one attached hydrogen (secondary N) is 1. The fraction of sp³-hybridized carbons (Fsp3) is 0.273. The Labute approximate surface area is 89.0 Å². The van der Waals surface area contributed by atoms with E-state index in [-0.39, 0.29) is 5.91 Å². The highest BCUT2D eigenvalue weighted by Gasteiger charge is 2.02. The number of methoxy groups -OCH3 is 1. The SMILES string of the molecule is C=CC(=O)NCCc1cccnc1OC. The number of nitrogens with zero attached hydrogens (tertiary/aromatic N) is 1. The maximum atomic E-state index is 10.9. The summed E-state index contributed by atoms with van der Waals surface area (Å²) in [4.78, 5) is 14.9. The Balaban J connectivity index is 2.49. The molecular formula is C11H14N2O2. The molecule has 0 saturated carbocycles. The van der Waals surface area contributed by atoms with Crippen molar-refractivity contribution in [2.24, 2.45) is 0 Å². The van der Waals surface area contributed by atoms with Gasteiger partial charge < -0.3 is 10.1 Å². The number of pyridine rings is 1. The predicted molar refractivity (Wildman–Crippen MR) is 57.7 cm³/mol. The molecule has 1 heterocycles. The molecule has 4 nitrogen and oxygen atoms in total. The van der Waals surface area contributed by atoms with E-state index in [9.17, 15) is 4.79 Å². The van der Waals surface area contributed by atoms with Gasteiger partial charge in [-0.1, -0.05) is 12.6 Å². The number of aromatic nitrogens is 1. The number of ether oxygens (including phenoxy) is 1. The number of carbonyl (C=O) groups is 1. The van der Waals surface area contributed by atoms with E-state index < -0.39 is 0 Å². The maximum Gasteiger partial charge on any atom is 0.243 e. The van der Waals surface area contributed by atoms with Gasteiger partial charge in [0.2, 0.25) is 11.8 Å². The highest BCUT2D eigenvalue weighted by molar-refractivity contribution is 5.86. The largest absolute Gasteiger partial charge is 0.481 e. The Morgan fingerprint density at radius 2 is 2.53 bits per heavy atom. The Kier molecular flexibility index (Phi) is 4.34. The average Bonchev–Trinajstić information content (AvgIpc) is 2.29. The van der Waals surface area contributed by atoms with Crippen molar-refractivity contribution in [1.29, 1.82) is 0 Å². The minimum Gasteiger partial charge on any atom is -0.481 e. The lowest BCUT2D eigenvalue weighted by Crippen LogP contribution is -2.23.